The molecule has 0 amide bonds. The van der Waals surface area contributed by atoms with Crippen LogP contribution in [-0.4, -0.2) is 17.1 Å². The van der Waals surface area contributed by atoms with Crippen molar-refractivity contribution in [3.8, 4) is 11.1 Å². The van der Waals surface area contributed by atoms with Crippen molar-refractivity contribution in [3.63, 3.8) is 0 Å². The molecule has 0 saturated carbocycles. The molecular weight excluding hydrogens is 324 g/mol. The van der Waals surface area contributed by atoms with Crippen molar-refractivity contribution in [1.82, 2.24) is 4.98 Å². The number of pyridine rings is 1. The van der Waals surface area contributed by atoms with Crippen LogP contribution in [0.4, 0.5) is 0 Å². The van der Waals surface area contributed by atoms with Crippen LogP contribution in [0.15, 0.2) is 24.3 Å². The third-order valence-electron chi connectivity index (χ3n) is 4.26. The average Bonchev–Trinajstić information content (AvgIpc) is 2.53. The van der Waals surface area contributed by atoms with Gasteiger partial charge in [0.2, 0.25) is 0 Å². The molecule has 1 heterocycles. The van der Waals surface area contributed by atoms with Gasteiger partial charge in [-0.05, 0) is 51.2 Å². The van der Waals surface area contributed by atoms with E-state index >= 15 is 0 Å². The summed E-state index contributed by atoms with van der Waals surface area (Å²) in [5.74, 6) is 0.109. The molecular formula is C22H30N2O2. The molecule has 0 unspecified atom stereocenters. The van der Waals surface area contributed by atoms with Crippen LogP contribution in [0.2, 0.25) is 0 Å². The molecule has 0 aliphatic carbocycles. The van der Waals surface area contributed by atoms with Gasteiger partial charge >= 0.3 is 5.97 Å². The predicted octanol–water partition coefficient (Wildman–Crippen LogP) is 4.59. The number of rotatable bonds is 6. The van der Waals surface area contributed by atoms with E-state index in [0.29, 0.717) is 23.7 Å². The number of nitrogens with two attached hydrogens (primary N) is 1. The highest BCUT2D eigenvalue weighted by atomic mass is 16.5. The molecule has 0 bridgehead atoms. The largest absolute Gasteiger partial charge is 0.459 e. The number of carbonyl (C=O) groups is 1. The number of aromatic nitrogens is 1. The minimum Gasteiger partial charge on any atom is -0.459 e. The Hall–Kier alpha value is -2.20. The summed E-state index contributed by atoms with van der Waals surface area (Å²) in [6.45, 7) is 12.3. The lowest BCUT2D eigenvalue weighted by atomic mass is 9.89. The summed E-state index contributed by atoms with van der Waals surface area (Å²) in [6.07, 6.45) is 0.635. The number of nitrogens with zero attached hydrogens (tertiary/aromatic N) is 1. The Morgan fingerprint density at radius 1 is 1.12 bits per heavy atom. The topological polar surface area (TPSA) is 65.2 Å². The van der Waals surface area contributed by atoms with Gasteiger partial charge < -0.3 is 10.5 Å². The zero-order valence-electron chi connectivity index (χ0n) is 16.7. The van der Waals surface area contributed by atoms with E-state index in [2.05, 4.69) is 13.8 Å². The Balaban J connectivity index is 2.77. The van der Waals surface area contributed by atoms with Crippen molar-refractivity contribution in [2.75, 3.05) is 0 Å². The number of ether oxygens (including phenoxy) is 1. The number of aryl methyl sites for hydroxylation is 2. The molecule has 0 spiro atoms. The molecule has 1 aromatic carbocycles. The standard InChI is InChI=1S/C22H30N2O2/c1-13(2)11-19-18(12-23)21(17-9-7-15(5)8-10-17)20(16(6)24-19)22(25)26-14(3)4/h7-10,13-14H,11-12,23H2,1-6H3. The second-order valence-corrected chi connectivity index (χ2v) is 7.49. The van der Waals surface area contributed by atoms with Gasteiger partial charge in [-0.1, -0.05) is 43.7 Å². The summed E-state index contributed by atoms with van der Waals surface area (Å²) >= 11 is 0. The third kappa shape index (κ3) is 4.50. The van der Waals surface area contributed by atoms with Crippen LogP contribution in [-0.2, 0) is 17.7 Å². The Morgan fingerprint density at radius 2 is 1.73 bits per heavy atom. The zero-order chi connectivity index (χ0) is 19.4. The molecule has 2 N–H and O–H groups in total. The average molecular weight is 354 g/mol. The van der Waals surface area contributed by atoms with Crippen molar-refractivity contribution in [2.45, 2.75) is 60.6 Å². The molecule has 0 aliphatic rings. The van der Waals surface area contributed by atoms with Crippen LogP contribution in [0.1, 0.15) is 60.6 Å². The second kappa shape index (κ2) is 8.45. The van der Waals surface area contributed by atoms with Gasteiger partial charge in [0.05, 0.1) is 17.4 Å². The molecule has 1 aromatic heterocycles. The molecule has 0 atom stereocenters. The first-order chi connectivity index (χ1) is 12.2. The van der Waals surface area contributed by atoms with E-state index < -0.39 is 0 Å². The maximum absolute atomic E-state index is 12.8. The van der Waals surface area contributed by atoms with E-state index in [-0.39, 0.29) is 12.1 Å². The maximum atomic E-state index is 12.8. The first-order valence-corrected chi connectivity index (χ1v) is 9.25. The molecule has 0 radical (unpaired) electrons. The molecule has 26 heavy (non-hydrogen) atoms. The monoisotopic (exact) mass is 354 g/mol. The van der Waals surface area contributed by atoms with E-state index in [4.69, 9.17) is 15.5 Å². The van der Waals surface area contributed by atoms with Crippen molar-refractivity contribution in [3.05, 3.63) is 52.3 Å². The van der Waals surface area contributed by atoms with E-state index in [0.717, 1.165) is 28.8 Å². The van der Waals surface area contributed by atoms with Crippen LogP contribution in [0, 0.1) is 19.8 Å². The fourth-order valence-electron chi connectivity index (χ4n) is 3.14. The van der Waals surface area contributed by atoms with Crippen LogP contribution < -0.4 is 5.73 Å². The van der Waals surface area contributed by atoms with Crippen molar-refractivity contribution in [2.24, 2.45) is 11.7 Å². The lowest BCUT2D eigenvalue weighted by molar-refractivity contribution is 0.0377. The van der Waals surface area contributed by atoms with E-state index in [1.54, 1.807) is 0 Å². The normalized spacial score (nSPS) is 11.3. The van der Waals surface area contributed by atoms with Gasteiger partial charge in [0, 0.05) is 17.8 Å². The number of esters is 1. The van der Waals surface area contributed by atoms with Crippen molar-refractivity contribution in [1.29, 1.82) is 0 Å². The van der Waals surface area contributed by atoms with E-state index in [1.807, 2.05) is 52.0 Å². The fraction of sp³-hybridized carbons (Fsp3) is 0.455. The molecule has 140 valence electrons. The smallest absolute Gasteiger partial charge is 0.340 e. The van der Waals surface area contributed by atoms with Crippen LogP contribution in [0.3, 0.4) is 0 Å². The summed E-state index contributed by atoms with van der Waals surface area (Å²) in [6, 6.07) is 8.17. The Kier molecular flexibility index (Phi) is 6.54. The Morgan fingerprint density at radius 3 is 2.23 bits per heavy atom. The van der Waals surface area contributed by atoms with Crippen LogP contribution in [0.25, 0.3) is 11.1 Å². The minimum absolute atomic E-state index is 0.190. The van der Waals surface area contributed by atoms with Gasteiger partial charge in [-0.2, -0.15) is 0 Å². The molecule has 4 heteroatoms. The molecule has 0 fully saturated rings. The molecule has 0 saturated heterocycles. The van der Waals surface area contributed by atoms with E-state index in [9.17, 15) is 4.79 Å². The van der Waals surface area contributed by atoms with Crippen molar-refractivity contribution < 1.29 is 9.53 Å². The second-order valence-electron chi connectivity index (χ2n) is 7.49. The Labute approximate surface area is 156 Å². The van der Waals surface area contributed by atoms with Gasteiger partial charge in [-0.3, -0.25) is 4.98 Å². The molecule has 2 aromatic rings. The number of hydrogen-bond acceptors (Lipinski definition) is 4. The molecule has 2 rings (SSSR count). The number of carbonyl (C=O) groups excluding carboxylic acids is 1. The lowest BCUT2D eigenvalue weighted by Crippen LogP contribution is -2.19. The highest BCUT2D eigenvalue weighted by molar-refractivity contribution is 5.99. The molecule has 0 aliphatic heterocycles. The van der Waals surface area contributed by atoms with Gasteiger partial charge in [0.15, 0.2) is 0 Å². The quantitative estimate of drug-likeness (QED) is 0.771. The highest BCUT2D eigenvalue weighted by Gasteiger charge is 2.25. The SMILES string of the molecule is Cc1ccc(-c2c(CN)c(CC(C)C)nc(C)c2C(=O)OC(C)C)cc1. The molecule has 4 nitrogen and oxygen atoms in total. The summed E-state index contributed by atoms with van der Waals surface area (Å²) in [7, 11) is 0. The summed E-state index contributed by atoms with van der Waals surface area (Å²) in [5, 5.41) is 0. The first-order valence-electron chi connectivity index (χ1n) is 9.25. The van der Waals surface area contributed by atoms with E-state index in [1.165, 1.54) is 5.56 Å². The first kappa shape index (κ1) is 20.1. The number of benzene rings is 1. The summed E-state index contributed by atoms with van der Waals surface area (Å²) in [4.78, 5) is 17.6. The minimum atomic E-state index is -0.341. The van der Waals surface area contributed by atoms with Gasteiger partial charge in [0.1, 0.15) is 0 Å². The van der Waals surface area contributed by atoms with Crippen molar-refractivity contribution >= 4 is 5.97 Å². The van der Waals surface area contributed by atoms with Crippen LogP contribution >= 0.6 is 0 Å². The van der Waals surface area contributed by atoms with Gasteiger partial charge in [-0.25, -0.2) is 4.79 Å². The highest BCUT2D eigenvalue weighted by Crippen LogP contribution is 2.33. The van der Waals surface area contributed by atoms with Crippen LogP contribution in [0.5, 0.6) is 0 Å². The van der Waals surface area contributed by atoms with Gasteiger partial charge in [0.25, 0.3) is 0 Å². The third-order valence-corrected chi connectivity index (χ3v) is 4.26. The fourth-order valence-corrected chi connectivity index (χ4v) is 3.14. The predicted molar refractivity (Wildman–Crippen MR) is 106 cm³/mol. The van der Waals surface area contributed by atoms with Gasteiger partial charge in [-0.15, -0.1) is 0 Å². The summed E-state index contributed by atoms with van der Waals surface area (Å²) < 4.78 is 5.50. The zero-order valence-corrected chi connectivity index (χ0v) is 16.7. The maximum Gasteiger partial charge on any atom is 0.340 e. The lowest BCUT2D eigenvalue weighted by Gasteiger charge is -2.21. The number of hydrogen-bond donors (Lipinski definition) is 1. The summed E-state index contributed by atoms with van der Waals surface area (Å²) in [5.41, 5.74) is 12.2. The Bertz CT molecular complexity index is 778.